The lowest BCUT2D eigenvalue weighted by molar-refractivity contribution is -0.143. The summed E-state index contributed by atoms with van der Waals surface area (Å²) in [7, 11) is 0. The first-order valence-corrected chi connectivity index (χ1v) is 19.3. The largest absolute Gasteiger partial charge is 0.493 e. The maximum absolute atomic E-state index is 12.1. The second-order valence-corrected chi connectivity index (χ2v) is 13.9. The molecule has 0 saturated heterocycles. The summed E-state index contributed by atoms with van der Waals surface area (Å²) in [6, 6.07) is 47.7. The number of nitrogens with zero attached hydrogens (tertiary/aromatic N) is 2. The van der Waals surface area contributed by atoms with E-state index in [1.165, 1.54) is 0 Å². The first kappa shape index (κ1) is 35.5. The Kier molecular flexibility index (Phi) is 9.86. The molecule has 0 atom stereocenters. The molecule has 9 rings (SSSR count). The van der Waals surface area contributed by atoms with Gasteiger partial charge in [0.1, 0.15) is 5.75 Å². The highest BCUT2D eigenvalue weighted by molar-refractivity contribution is 6.00. The fourth-order valence-electron chi connectivity index (χ4n) is 7.65. The van der Waals surface area contributed by atoms with Gasteiger partial charge < -0.3 is 19.4 Å². The predicted molar refractivity (Wildman–Crippen MR) is 232 cm³/mol. The van der Waals surface area contributed by atoms with Gasteiger partial charge in [-0.25, -0.2) is 9.97 Å². The highest BCUT2D eigenvalue weighted by Crippen LogP contribution is 2.40. The van der Waals surface area contributed by atoms with E-state index in [4.69, 9.17) is 19.4 Å². The Morgan fingerprint density at radius 2 is 0.912 bits per heavy atom. The Morgan fingerprint density at radius 1 is 0.509 bits per heavy atom. The third kappa shape index (κ3) is 7.19. The fourth-order valence-corrected chi connectivity index (χ4v) is 7.65. The van der Waals surface area contributed by atoms with Crippen LogP contribution in [-0.4, -0.2) is 39.1 Å². The van der Waals surface area contributed by atoms with Crippen LogP contribution in [0.4, 0.5) is 0 Å². The molecule has 7 nitrogen and oxygen atoms in total. The second kappa shape index (κ2) is 15.8. The minimum absolute atomic E-state index is 0.223. The summed E-state index contributed by atoms with van der Waals surface area (Å²) in [5.74, 6) is 0.478. The number of carbonyl (C=O) groups is 1. The summed E-state index contributed by atoms with van der Waals surface area (Å²) in [5.41, 5.74) is 15.0. The van der Waals surface area contributed by atoms with Gasteiger partial charge in [0.25, 0.3) is 0 Å². The van der Waals surface area contributed by atoms with Gasteiger partial charge in [-0.1, -0.05) is 109 Å². The number of nitrogens with one attached hydrogen (secondary N) is 2. The standard InChI is InChI=1S/C50H40N4O3/c1-2-56-46(55)23-14-32-57-45-22-13-12-21-36(45)50-43-30-28-41(53-43)48(34-17-8-4-9-18-34)39-26-24-37(51-39)47(33-15-6-3-7-16-33)38-25-27-40(52-38)49(35-19-10-5-11-20-35)42-29-31-44(50)54-42/h3-13,15-22,24-31,51,54H,2,14,23,32H2,1H3. The van der Waals surface area contributed by atoms with Crippen LogP contribution in [0.3, 0.4) is 0 Å². The number of hydrogen-bond acceptors (Lipinski definition) is 5. The molecule has 7 heteroatoms. The third-order valence-electron chi connectivity index (χ3n) is 10.2. The summed E-state index contributed by atoms with van der Waals surface area (Å²) in [4.78, 5) is 30.5. The van der Waals surface area contributed by atoms with Crippen LogP contribution in [0, 0.1) is 0 Å². The molecule has 0 aliphatic carbocycles. The van der Waals surface area contributed by atoms with E-state index in [-0.39, 0.29) is 5.97 Å². The van der Waals surface area contributed by atoms with Crippen LogP contribution in [0.15, 0.2) is 140 Å². The molecule has 57 heavy (non-hydrogen) atoms. The topological polar surface area (TPSA) is 92.9 Å². The molecule has 2 N–H and O–H groups in total. The van der Waals surface area contributed by atoms with Gasteiger partial charge >= 0.3 is 5.97 Å². The molecular weight excluding hydrogens is 705 g/mol. The van der Waals surface area contributed by atoms with Gasteiger partial charge in [-0.15, -0.1) is 0 Å². The van der Waals surface area contributed by atoms with E-state index in [1.807, 2.05) is 43.3 Å². The van der Waals surface area contributed by atoms with E-state index in [0.29, 0.717) is 31.8 Å². The number of para-hydroxylation sites is 1. The number of H-pyrrole nitrogens is 2. The molecule has 0 saturated carbocycles. The molecule has 3 aromatic heterocycles. The van der Waals surface area contributed by atoms with Crippen LogP contribution in [0.1, 0.15) is 42.5 Å². The normalized spacial score (nSPS) is 11.8. The van der Waals surface area contributed by atoms with Crippen LogP contribution < -0.4 is 4.74 Å². The fraction of sp³-hybridized carbons (Fsp3) is 0.100. The van der Waals surface area contributed by atoms with E-state index in [2.05, 4.69) is 137 Å². The Bertz CT molecular complexity index is 2780. The maximum Gasteiger partial charge on any atom is 0.305 e. The number of aromatic nitrogens is 4. The van der Waals surface area contributed by atoms with Crippen LogP contribution in [0.2, 0.25) is 0 Å². The number of esters is 1. The van der Waals surface area contributed by atoms with Crippen molar-refractivity contribution in [2.24, 2.45) is 0 Å². The molecule has 8 bridgehead atoms. The van der Waals surface area contributed by atoms with Gasteiger partial charge in [0.15, 0.2) is 0 Å². The molecule has 2 aliphatic heterocycles. The quantitative estimate of drug-likeness (QED) is 0.107. The van der Waals surface area contributed by atoms with Gasteiger partial charge in [0.2, 0.25) is 0 Å². The highest BCUT2D eigenvalue weighted by atomic mass is 16.5. The Labute approximate surface area is 331 Å². The van der Waals surface area contributed by atoms with E-state index in [9.17, 15) is 4.79 Å². The number of hydrogen-bond donors (Lipinski definition) is 2. The number of benzene rings is 4. The van der Waals surface area contributed by atoms with Gasteiger partial charge in [-0.3, -0.25) is 4.79 Å². The predicted octanol–water partition coefficient (Wildman–Crippen LogP) is 12.0. The highest BCUT2D eigenvalue weighted by Gasteiger charge is 2.20. The number of carbonyl (C=O) groups excluding carboxylic acids is 1. The monoisotopic (exact) mass is 744 g/mol. The SMILES string of the molecule is CCOC(=O)CCCOc1ccccc1-c1c2nc(c(-c3ccccc3)c3ccc([nH]3)c(-c3ccccc3)c3nc(c(-c4ccccc4)c4ccc1[nH]4)C=C3)C=C2. The first-order chi connectivity index (χ1) is 28.1. The lowest BCUT2D eigenvalue weighted by Gasteiger charge is -2.13. The molecule has 0 radical (unpaired) electrons. The zero-order chi connectivity index (χ0) is 38.6. The van der Waals surface area contributed by atoms with Crippen molar-refractivity contribution in [3.05, 3.63) is 162 Å². The molecule has 0 amide bonds. The smallest absolute Gasteiger partial charge is 0.305 e. The minimum Gasteiger partial charge on any atom is -0.493 e. The number of fused-ring (bicyclic) bond motifs is 8. The molecule has 0 fully saturated rings. The lowest BCUT2D eigenvalue weighted by Crippen LogP contribution is -2.07. The van der Waals surface area contributed by atoms with Gasteiger partial charge in [-0.2, -0.15) is 0 Å². The Balaban J connectivity index is 1.36. The van der Waals surface area contributed by atoms with Gasteiger partial charge in [-0.05, 0) is 84.7 Å². The number of rotatable bonds is 10. The second-order valence-electron chi connectivity index (χ2n) is 13.9. The van der Waals surface area contributed by atoms with E-state index in [0.717, 1.165) is 89.4 Å². The molecular formula is C50H40N4O3. The minimum atomic E-state index is -0.223. The maximum atomic E-state index is 12.1. The Hall–Kier alpha value is -7.25. The summed E-state index contributed by atoms with van der Waals surface area (Å²) in [5, 5.41) is 0. The van der Waals surface area contributed by atoms with Crippen molar-refractivity contribution in [3.8, 4) is 50.3 Å². The van der Waals surface area contributed by atoms with Crippen molar-refractivity contribution in [3.63, 3.8) is 0 Å². The Morgan fingerprint density at radius 3 is 1.37 bits per heavy atom. The van der Waals surface area contributed by atoms with Crippen molar-refractivity contribution >= 4 is 52.3 Å². The van der Waals surface area contributed by atoms with Crippen molar-refractivity contribution in [2.45, 2.75) is 19.8 Å². The summed E-state index contributed by atoms with van der Waals surface area (Å²) in [6.45, 7) is 2.54. The average Bonchev–Trinajstić information content (AvgIpc) is 4.10. The zero-order valence-electron chi connectivity index (χ0n) is 31.5. The molecule has 5 heterocycles. The molecule has 278 valence electrons. The first-order valence-electron chi connectivity index (χ1n) is 19.3. The summed E-state index contributed by atoms with van der Waals surface area (Å²) >= 11 is 0. The molecule has 0 unspecified atom stereocenters. The van der Waals surface area contributed by atoms with E-state index in [1.54, 1.807) is 0 Å². The third-order valence-corrected chi connectivity index (χ3v) is 10.2. The van der Waals surface area contributed by atoms with Gasteiger partial charge in [0, 0.05) is 56.3 Å². The van der Waals surface area contributed by atoms with E-state index >= 15 is 0 Å². The van der Waals surface area contributed by atoms with Gasteiger partial charge in [0.05, 0.1) is 36.0 Å². The van der Waals surface area contributed by atoms with Crippen LogP contribution in [-0.2, 0) is 9.53 Å². The molecule has 0 spiro atoms. The number of aromatic amines is 2. The summed E-state index contributed by atoms with van der Waals surface area (Å²) in [6.07, 6.45) is 9.23. The molecule has 2 aliphatic rings. The van der Waals surface area contributed by atoms with Crippen molar-refractivity contribution in [1.82, 2.24) is 19.9 Å². The number of ether oxygens (including phenoxy) is 2. The molecule has 4 aromatic carbocycles. The van der Waals surface area contributed by atoms with Crippen molar-refractivity contribution < 1.29 is 14.3 Å². The summed E-state index contributed by atoms with van der Waals surface area (Å²) < 4.78 is 11.6. The van der Waals surface area contributed by atoms with Crippen molar-refractivity contribution in [2.75, 3.05) is 13.2 Å². The average molecular weight is 745 g/mol. The van der Waals surface area contributed by atoms with E-state index < -0.39 is 0 Å². The van der Waals surface area contributed by atoms with Crippen LogP contribution in [0.25, 0.3) is 90.9 Å². The van der Waals surface area contributed by atoms with Crippen LogP contribution >= 0.6 is 0 Å². The lowest BCUT2D eigenvalue weighted by atomic mass is 10.0. The molecule has 7 aromatic rings. The van der Waals surface area contributed by atoms with Crippen LogP contribution in [0.5, 0.6) is 5.75 Å². The zero-order valence-corrected chi connectivity index (χ0v) is 31.5. The van der Waals surface area contributed by atoms with Crippen molar-refractivity contribution in [1.29, 1.82) is 0 Å².